The SMILES string of the molecule is Cc1ccc(N(c2ccc3cc4c(cc3c2)oc2cc3cc(N(c5ccc(C)cc5)c5c(-c6ccccc6)ccc6c5CCCC6)ccc3cc24)c2c(-c3ccccc3)ccc3c2CCCC3)cc1. The molecule has 1 aromatic heterocycles. The predicted octanol–water partition coefficient (Wildman–Crippen LogP) is 18.5. The third-order valence-corrected chi connectivity index (χ3v) is 15.1. The Bertz CT molecular complexity index is 3490. The van der Waals surface area contributed by atoms with Crippen LogP contribution in [-0.2, 0) is 25.7 Å². The molecular formula is C66H54N2O. The average Bonchev–Trinajstić information content (AvgIpc) is 3.74. The van der Waals surface area contributed by atoms with Crippen LogP contribution >= 0.6 is 0 Å². The van der Waals surface area contributed by atoms with Gasteiger partial charge in [-0.2, -0.15) is 0 Å². The van der Waals surface area contributed by atoms with Gasteiger partial charge in [0.15, 0.2) is 0 Å². The number of anilines is 6. The van der Waals surface area contributed by atoms with Gasteiger partial charge in [-0.1, -0.05) is 132 Å². The van der Waals surface area contributed by atoms with Crippen LogP contribution < -0.4 is 9.80 Å². The largest absolute Gasteiger partial charge is 0.456 e. The second-order valence-electron chi connectivity index (χ2n) is 19.5. The van der Waals surface area contributed by atoms with Crippen molar-refractivity contribution in [1.82, 2.24) is 0 Å². The van der Waals surface area contributed by atoms with Crippen molar-refractivity contribution in [2.45, 2.75) is 65.2 Å². The Hall–Kier alpha value is -7.88. The van der Waals surface area contributed by atoms with Crippen LogP contribution in [0, 0.1) is 13.8 Å². The van der Waals surface area contributed by atoms with Crippen LogP contribution in [-0.4, -0.2) is 0 Å². The summed E-state index contributed by atoms with van der Waals surface area (Å²) in [5, 5.41) is 6.98. The van der Waals surface area contributed by atoms with Gasteiger partial charge in [-0.15, -0.1) is 0 Å². The minimum absolute atomic E-state index is 0.902. The Labute approximate surface area is 404 Å². The number of aryl methyl sites for hydroxylation is 4. The molecule has 1 heterocycles. The first kappa shape index (κ1) is 41.3. The van der Waals surface area contributed by atoms with Gasteiger partial charge in [-0.3, -0.25) is 0 Å². The number of hydrogen-bond donors (Lipinski definition) is 0. The zero-order valence-corrected chi connectivity index (χ0v) is 39.4. The van der Waals surface area contributed by atoms with Gasteiger partial charge in [0.2, 0.25) is 0 Å². The fraction of sp³-hybridized carbons (Fsp3) is 0.152. The van der Waals surface area contributed by atoms with Crippen LogP contribution in [0.15, 0.2) is 199 Å². The van der Waals surface area contributed by atoms with Crippen LogP contribution in [0.1, 0.15) is 59.1 Å². The van der Waals surface area contributed by atoms with Gasteiger partial charge in [-0.05, 0) is 193 Å². The first-order valence-corrected chi connectivity index (χ1v) is 25.0. The highest BCUT2D eigenvalue weighted by Gasteiger charge is 2.27. The molecule has 10 aromatic carbocycles. The highest BCUT2D eigenvalue weighted by molar-refractivity contribution is 6.14. The summed E-state index contributed by atoms with van der Waals surface area (Å²) >= 11 is 0. The molecular weight excluding hydrogens is 837 g/mol. The highest BCUT2D eigenvalue weighted by atomic mass is 16.3. The molecule has 13 rings (SSSR count). The van der Waals surface area contributed by atoms with Gasteiger partial charge < -0.3 is 14.2 Å². The fourth-order valence-electron chi connectivity index (χ4n) is 11.5. The van der Waals surface area contributed by atoms with Crippen molar-refractivity contribution in [3.63, 3.8) is 0 Å². The van der Waals surface area contributed by atoms with Crippen LogP contribution in [0.2, 0.25) is 0 Å². The molecule has 0 fully saturated rings. The lowest BCUT2D eigenvalue weighted by atomic mass is 9.86. The lowest BCUT2D eigenvalue weighted by molar-refractivity contribution is 0.670. The second-order valence-corrected chi connectivity index (χ2v) is 19.5. The van der Waals surface area contributed by atoms with E-state index in [1.54, 1.807) is 0 Å². The molecule has 0 spiro atoms. The molecule has 0 amide bonds. The van der Waals surface area contributed by atoms with Gasteiger partial charge in [0.05, 0.1) is 11.4 Å². The van der Waals surface area contributed by atoms with E-state index in [-0.39, 0.29) is 0 Å². The Morgan fingerprint density at radius 2 is 0.754 bits per heavy atom. The van der Waals surface area contributed by atoms with Crippen molar-refractivity contribution in [1.29, 1.82) is 0 Å². The van der Waals surface area contributed by atoms with Crippen molar-refractivity contribution in [2.24, 2.45) is 0 Å². The topological polar surface area (TPSA) is 19.6 Å². The monoisotopic (exact) mass is 890 g/mol. The molecule has 11 aromatic rings. The summed E-state index contributed by atoms with van der Waals surface area (Å²) in [5.41, 5.74) is 22.4. The fourth-order valence-corrected chi connectivity index (χ4v) is 11.5. The maximum Gasteiger partial charge on any atom is 0.136 e. The Morgan fingerprint density at radius 3 is 1.19 bits per heavy atom. The molecule has 0 saturated heterocycles. The molecule has 0 N–H and O–H groups in total. The van der Waals surface area contributed by atoms with Crippen molar-refractivity contribution >= 4 is 77.6 Å². The van der Waals surface area contributed by atoms with E-state index >= 15 is 0 Å². The van der Waals surface area contributed by atoms with Crippen LogP contribution in [0.4, 0.5) is 34.1 Å². The number of furan rings is 1. The van der Waals surface area contributed by atoms with Crippen LogP contribution in [0.3, 0.4) is 0 Å². The normalized spacial score (nSPS) is 13.5. The summed E-state index contributed by atoms with van der Waals surface area (Å²) in [6.07, 6.45) is 9.25. The zero-order chi connectivity index (χ0) is 46.0. The maximum absolute atomic E-state index is 6.91. The summed E-state index contributed by atoms with van der Waals surface area (Å²) in [6, 6.07) is 72.6. The van der Waals surface area contributed by atoms with Gasteiger partial charge in [0.25, 0.3) is 0 Å². The Balaban J connectivity index is 0.953. The molecule has 2 aliphatic rings. The summed E-state index contributed by atoms with van der Waals surface area (Å²) in [5.74, 6) is 0. The third-order valence-electron chi connectivity index (χ3n) is 15.1. The van der Waals surface area contributed by atoms with E-state index in [2.05, 4.69) is 218 Å². The van der Waals surface area contributed by atoms with E-state index in [0.717, 1.165) is 81.1 Å². The number of hydrogen-bond acceptors (Lipinski definition) is 3. The van der Waals surface area contributed by atoms with E-state index in [9.17, 15) is 0 Å². The molecule has 334 valence electrons. The van der Waals surface area contributed by atoms with Crippen molar-refractivity contribution in [3.05, 3.63) is 228 Å². The first-order chi connectivity index (χ1) is 34.0. The van der Waals surface area contributed by atoms with Gasteiger partial charge >= 0.3 is 0 Å². The lowest BCUT2D eigenvalue weighted by Crippen LogP contribution is -2.16. The molecule has 0 atom stereocenters. The zero-order valence-electron chi connectivity index (χ0n) is 39.4. The van der Waals surface area contributed by atoms with E-state index in [0.29, 0.717) is 0 Å². The first-order valence-electron chi connectivity index (χ1n) is 25.0. The molecule has 69 heavy (non-hydrogen) atoms. The summed E-state index contributed by atoms with van der Waals surface area (Å²) in [7, 11) is 0. The number of benzene rings is 10. The Morgan fingerprint density at radius 1 is 0.348 bits per heavy atom. The molecule has 3 nitrogen and oxygen atoms in total. The molecule has 0 radical (unpaired) electrons. The average molecular weight is 891 g/mol. The number of nitrogens with zero attached hydrogens (tertiary/aromatic N) is 2. The van der Waals surface area contributed by atoms with E-state index in [1.165, 1.54) is 103 Å². The second kappa shape index (κ2) is 17.0. The summed E-state index contributed by atoms with van der Waals surface area (Å²) in [4.78, 5) is 5.04. The van der Waals surface area contributed by atoms with Crippen molar-refractivity contribution in [3.8, 4) is 22.3 Å². The molecule has 2 aliphatic carbocycles. The lowest BCUT2D eigenvalue weighted by Gasteiger charge is -2.33. The van der Waals surface area contributed by atoms with Gasteiger partial charge in [0, 0.05) is 44.6 Å². The highest BCUT2D eigenvalue weighted by Crippen LogP contribution is 2.49. The number of rotatable bonds is 8. The smallest absolute Gasteiger partial charge is 0.136 e. The van der Waals surface area contributed by atoms with Crippen molar-refractivity contribution < 1.29 is 4.42 Å². The molecule has 0 saturated carbocycles. The van der Waals surface area contributed by atoms with E-state index in [1.807, 2.05) is 0 Å². The van der Waals surface area contributed by atoms with Gasteiger partial charge in [0.1, 0.15) is 11.2 Å². The molecule has 0 aliphatic heterocycles. The van der Waals surface area contributed by atoms with E-state index < -0.39 is 0 Å². The summed E-state index contributed by atoms with van der Waals surface area (Å²) < 4.78 is 6.91. The maximum atomic E-state index is 6.91. The van der Waals surface area contributed by atoms with Gasteiger partial charge in [-0.25, -0.2) is 0 Å². The minimum Gasteiger partial charge on any atom is -0.456 e. The van der Waals surface area contributed by atoms with Crippen molar-refractivity contribution in [2.75, 3.05) is 9.80 Å². The minimum atomic E-state index is 0.902. The standard InChI is InChI=1S/C66H54N2O/c1-43-21-29-53(30-22-43)67(65-57-19-11-9-17-47(57)27-35-59(65)45-13-5-3-6-14-45)55-33-25-49-39-61-62-40-50-26-34-56(38-52(50)42-64(62)69-63(61)41-51(49)37-55)68(54-31-23-44(2)24-32-54)66-58-20-12-10-18-48(58)28-36-60(66)46-15-7-4-8-16-46/h3-8,13-16,21-42H,9-12,17-20H2,1-2H3. The van der Waals surface area contributed by atoms with Crippen LogP contribution in [0.5, 0.6) is 0 Å². The third kappa shape index (κ3) is 7.36. The predicted molar refractivity (Wildman–Crippen MR) is 292 cm³/mol. The molecule has 0 bridgehead atoms. The quantitative estimate of drug-likeness (QED) is 0.152. The summed E-state index contributed by atoms with van der Waals surface area (Å²) in [6.45, 7) is 4.34. The Kier molecular flexibility index (Phi) is 10.2. The molecule has 0 unspecified atom stereocenters. The molecule has 3 heteroatoms. The van der Waals surface area contributed by atoms with E-state index in [4.69, 9.17) is 4.42 Å². The van der Waals surface area contributed by atoms with Crippen LogP contribution in [0.25, 0.3) is 65.7 Å². The number of fused-ring (bicyclic) bond motifs is 7.